The van der Waals surface area contributed by atoms with E-state index in [2.05, 4.69) is 40.2 Å². The van der Waals surface area contributed by atoms with Crippen LogP contribution in [0, 0.1) is 0 Å². The Morgan fingerprint density at radius 1 is 0.589 bits per heavy atom. The fourth-order valence-electron chi connectivity index (χ4n) is 7.53. The molecule has 0 heterocycles. The van der Waals surface area contributed by atoms with Crippen LogP contribution in [-0.4, -0.2) is 43.7 Å². The van der Waals surface area contributed by atoms with Crippen LogP contribution in [0.3, 0.4) is 0 Å². The average Bonchev–Trinajstić information content (AvgIpc) is 3.58. The van der Waals surface area contributed by atoms with Crippen LogP contribution in [0.15, 0.2) is 170 Å². The monoisotopic (exact) mass is 743 g/mol. The molecule has 0 saturated carbocycles. The molecular formula is C48H45N3O5. The number of benzene rings is 6. The summed E-state index contributed by atoms with van der Waals surface area (Å²) in [4.78, 5) is 40.3. The van der Waals surface area contributed by atoms with Gasteiger partial charge in [-0.25, -0.2) is 4.79 Å². The Morgan fingerprint density at radius 3 is 1.61 bits per heavy atom. The molecule has 56 heavy (non-hydrogen) atoms. The van der Waals surface area contributed by atoms with Crippen LogP contribution in [0.1, 0.15) is 52.1 Å². The van der Waals surface area contributed by atoms with Gasteiger partial charge in [-0.2, -0.15) is 0 Å². The van der Waals surface area contributed by atoms with E-state index in [4.69, 9.17) is 9.47 Å². The maximum atomic E-state index is 14.2. The fourth-order valence-corrected chi connectivity index (χ4v) is 7.53. The molecule has 282 valence electrons. The molecule has 2 amide bonds. The number of carbonyl (C=O) groups excluding carboxylic acids is 3. The normalized spacial score (nSPS) is 12.5. The standard InChI is InChI=1S/C48H45N3O5/c52-45(51-48(36-19-7-2-8-20-36,37-21-9-3-10-22-37)38-23-11-4-12-24-38)30-29-39(31-49-32-46(53)55-33-35-17-5-1-6-18-35)50-47(54)56-34-44-42-27-15-13-25-40(42)41-26-14-16-28-43(41)44/h1-28,39,44,49H,29-34H2,(H,50,54)(H,51,52)/t39-/m0/s1. The third-order valence-corrected chi connectivity index (χ3v) is 10.2. The molecule has 1 atom stereocenters. The van der Waals surface area contributed by atoms with E-state index < -0.39 is 23.6 Å². The lowest BCUT2D eigenvalue weighted by Crippen LogP contribution is -2.49. The van der Waals surface area contributed by atoms with Gasteiger partial charge in [-0.05, 0) is 50.9 Å². The van der Waals surface area contributed by atoms with E-state index in [1.54, 1.807) is 0 Å². The highest BCUT2D eigenvalue weighted by Crippen LogP contribution is 2.44. The van der Waals surface area contributed by atoms with Gasteiger partial charge in [0.1, 0.15) is 18.8 Å². The molecule has 6 aromatic rings. The van der Waals surface area contributed by atoms with Crippen molar-refractivity contribution in [2.75, 3.05) is 19.7 Å². The summed E-state index contributed by atoms with van der Waals surface area (Å²) in [5, 5.41) is 9.50. The summed E-state index contributed by atoms with van der Waals surface area (Å²) >= 11 is 0. The van der Waals surface area contributed by atoms with Crippen molar-refractivity contribution in [2.45, 2.75) is 36.9 Å². The highest BCUT2D eigenvalue weighted by atomic mass is 16.5. The van der Waals surface area contributed by atoms with Gasteiger partial charge in [0, 0.05) is 24.9 Å². The van der Waals surface area contributed by atoms with Gasteiger partial charge in [0.25, 0.3) is 0 Å². The number of fused-ring (bicyclic) bond motifs is 3. The number of carbonyl (C=O) groups is 3. The maximum Gasteiger partial charge on any atom is 0.407 e. The van der Waals surface area contributed by atoms with Crippen LogP contribution in [0.5, 0.6) is 0 Å². The predicted molar refractivity (Wildman–Crippen MR) is 218 cm³/mol. The molecule has 0 fully saturated rings. The summed E-state index contributed by atoms with van der Waals surface area (Å²) in [7, 11) is 0. The maximum absolute atomic E-state index is 14.2. The van der Waals surface area contributed by atoms with Crippen LogP contribution < -0.4 is 16.0 Å². The molecule has 0 bridgehead atoms. The van der Waals surface area contributed by atoms with Crippen molar-refractivity contribution < 1.29 is 23.9 Å². The van der Waals surface area contributed by atoms with Crippen molar-refractivity contribution in [3.63, 3.8) is 0 Å². The number of hydrogen-bond acceptors (Lipinski definition) is 6. The molecule has 0 aromatic heterocycles. The van der Waals surface area contributed by atoms with Crippen molar-refractivity contribution in [1.82, 2.24) is 16.0 Å². The number of rotatable bonds is 16. The first-order valence-corrected chi connectivity index (χ1v) is 19.0. The van der Waals surface area contributed by atoms with Crippen LogP contribution in [-0.2, 0) is 31.2 Å². The number of hydrogen-bond donors (Lipinski definition) is 3. The van der Waals surface area contributed by atoms with Crippen molar-refractivity contribution in [3.8, 4) is 11.1 Å². The zero-order chi connectivity index (χ0) is 38.6. The third kappa shape index (κ3) is 8.88. The second kappa shape index (κ2) is 18.2. The Labute approximate surface area is 327 Å². The fraction of sp³-hybridized carbons (Fsp3) is 0.188. The van der Waals surface area contributed by atoms with Crippen molar-refractivity contribution in [2.24, 2.45) is 0 Å². The van der Waals surface area contributed by atoms with E-state index in [1.165, 1.54) is 0 Å². The van der Waals surface area contributed by atoms with E-state index in [9.17, 15) is 14.4 Å². The molecule has 1 aliphatic rings. The molecule has 0 unspecified atom stereocenters. The minimum atomic E-state index is -0.975. The topological polar surface area (TPSA) is 106 Å². The smallest absolute Gasteiger partial charge is 0.407 e. The Morgan fingerprint density at radius 2 is 1.07 bits per heavy atom. The van der Waals surface area contributed by atoms with Gasteiger partial charge < -0.3 is 25.4 Å². The first-order chi connectivity index (χ1) is 27.5. The van der Waals surface area contributed by atoms with Gasteiger partial charge in [-0.15, -0.1) is 0 Å². The second-order valence-electron chi connectivity index (χ2n) is 13.9. The SMILES string of the molecule is O=C(CC[C@@H](CNCC(=O)OCc1ccccc1)NC(=O)OCC1c2ccccc2-c2ccccc21)NC(c1ccccc1)(c1ccccc1)c1ccccc1. The Bertz CT molecular complexity index is 2070. The lowest BCUT2D eigenvalue weighted by molar-refractivity contribution is -0.143. The van der Waals surface area contributed by atoms with Crippen LogP contribution in [0.4, 0.5) is 4.79 Å². The number of esters is 1. The van der Waals surface area contributed by atoms with Crippen LogP contribution in [0.25, 0.3) is 11.1 Å². The van der Waals surface area contributed by atoms with Crippen molar-refractivity contribution >= 4 is 18.0 Å². The predicted octanol–water partition coefficient (Wildman–Crippen LogP) is 8.12. The average molecular weight is 744 g/mol. The first-order valence-electron chi connectivity index (χ1n) is 19.0. The zero-order valence-corrected chi connectivity index (χ0v) is 31.1. The van der Waals surface area contributed by atoms with Gasteiger partial charge >= 0.3 is 12.1 Å². The summed E-state index contributed by atoms with van der Waals surface area (Å²) in [6, 6.07) is 55.0. The van der Waals surface area contributed by atoms with Gasteiger partial charge in [0.15, 0.2) is 0 Å². The molecule has 1 aliphatic carbocycles. The number of amides is 2. The van der Waals surface area contributed by atoms with Crippen LogP contribution >= 0.6 is 0 Å². The summed E-state index contributed by atoms with van der Waals surface area (Å²) in [5.41, 5.74) is 7.16. The first kappa shape index (κ1) is 37.8. The molecule has 0 spiro atoms. The highest BCUT2D eigenvalue weighted by molar-refractivity contribution is 5.80. The van der Waals surface area contributed by atoms with Crippen molar-refractivity contribution in [3.05, 3.63) is 203 Å². The molecular weight excluding hydrogens is 699 g/mol. The lowest BCUT2D eigenvalue weighted by atomic mass is 9.77. The Hall–Kier alpha value is -6.51. The van der Waals surface area contributed by atoms with E-state index in [0.717, 1.165) is 44.5 Å². The minimum Gasteiger partial charge on any atom is -0.460 e. The molecule has 3 N–H and O–H groups in total. The summed E-state index contributed by atoms with van der Waals surface area (Å²) in [5.74, 6) is -0.731. The number of alkyl carbamates (subject to hydrolysis) is 1. The largest absolute Gasteiger partial charge is 0.460 e. The van der Waals surface area contributed by atoms with Gasteiger partial charge in [0.2, 0.25) is 5.91 Å². The molecule has 7 rings (SSSR count). The highest BCUT2D eigenvalue weighted by Gasteiger charge is 2.38. The van der Waals surface area contributed by atoms with Gasteiger partial charge in [-0.1, -0.05) is 170 Å². The summed E-state index contributed by atoms with van der Waals surface area (Å²) in [6.45, 7) is 0.454. The Balaban J connectivity index is 1.05. The number of ether oxygens (including phenoxy) is 2. The van der Waals surface area contributed by atoms with Gasteiger partial charge in [-0.3, -0.25) is 9.59 Å². The quantitative estimate of drug-likeness (QED) is 0.0684. The van der Waals surface area contributed by atoms with Crippen molar-refractivity contribution in [1.29, 1.82) is 0 Å². The van der Waals surface area contributed by atoms with E-state index in [0.29, 0.717) is 0 Å². The molecule has 8 nitrogen and oxygen atoms in total. The van der Waals surface area contributed by atoms with E-state index in [1.807, 2.05) is 146 Å². The number of nitrogens with one attached hydrogen (secondary N) is 3. The molecule has 8 heteroatoms. The minimum absolute atomic E-state index is 0.0684. The van der Waals surface area contributed by atoms with E-state index in [-0.39, 0.29) is 51.0 Å². The van der Waals surface area contributed by atoms with Crippen LogP contribution in [0.2, 0.25) is 0 Å². The summed E-state index contributed by atoms with van der Waals surface area (Å²) in [6.07, 6.45) is -0.239. The third-order valence-electron chi connectivity index (χ3n) is 10.2. The molecule has 0 saturated heterocycles. The Kier molecular flexibility index (Phi) is 12.3. The molecule has 6 aromatic carbocycles. The molecule has 0 radical (unpaired) electrons. The van der Waals surface area contributed by atoms with Gasteiger partial charge in [0.05, 0.1) is 6.54 Å². The summed E-state index contributed by atoms with van der Waals surface area (Å²) < 4.78 is 11.3. The molecule has 0 aliphatic heterocycles. The zero-order valence-electron chi connectivity index (χ0n) is 31.1. The second-order valence-corrected chi connectivity index (χ2v) is 13.9. The lowest BCUT2D eigenvalue weighted by Gasteiger charge is -2.37. The van der Waals surface area contributed by atoms with E-state index >= 15 is 0 Å².